The molecular formula is C13H13BrN2O2. The quantitative estimate of drug-likeness (QED) is 0.820. The summed E-state index contributed by atoms with van der Waals surface area (Å²) in [7, 11) is 0. The standard InChI is InChI=1S/C13H13BrN2O2/c1-2-10(13(17)18)5-6-16-12-4-3-9(8-15)7-11(12)14/h3-5,7,16H,2,6H2,1H3,(H,17,18)/b10-5-. The third-order valence-corrected chi connectivity index (χ3v) is 3.05. The molecule has 1 aromatic carbocycles. The lowest BCUT2D eigenvalue weighted by atomic mass is 10.2. The van der Waals surface area contributed by atoms with Crippen LogP contribution in [0.5, 0.6) is 0 Å². The van der Waals surface area contributed by atoms with Crippen LogP contribution in [0.2, 0.25) is 0 Å². The second-order valence-electron chi connectivity index (χ2n) is 3.58. The summed E-state index contributed by atoms with van der Waals surface area (Å²) in [5, 5.41) is 20.7. The van der Waals surface area contributed by atoms with Crippen LogP contribution in [0, 0.1) is 11.3 Å². The van der Waals surface area contributed by atoms with E-state index in [9.17, 15) is 4.79 Å². The maximum atomic E-state index is 10.8. The van der Waals surface area contributed by atoms with Crippen LogP contribution in [0.4, 0.5) is 5.69 Å². The molecule has 0 bridgehead atoms. The van der Waals surface area contributed by atoms with E-state index in [-0.39, 0.29) is 0 Å². The zero-order valence-electron chi connectivity index (χ0n) is 9.90. The van der Waals surface area contributed by atoms with Gasteiger partial charge in [0.05, 0.1) is 11.6 Å². The Morgan fingerprint density at radius 3 is 2.83 bits per heavy atom. The zero-order chi connectivity index (χ0) is 13.5. The second-order valence-corrected chi connectivity index (χ2v) is 4.43. The van der Waals surface area contributed by atoms with E-state index >= 15 is 0 Å². The number of benzene rings is 1. The first-order chi connectivity index (χ1) is 8.58. The van der Waals surface area contributed by atoms with Crippen molar-refractivity contribution in [1.29, 1.82) is 5.26 Å². The lowest BCUT2D eigenvalue weighted by Crippen LogP contribution is -2.05. The Balaban J connectivity index is 2.70. The Morgan fingerprint density at radius 1 is 1.61 bits per heavy atom. The number of nitrogens with zero attached hydrogens (tertiary/aromatic N) is 1. The number of hydrogen-bond acceptors (Lipinski definition) is 3. The summed E-state index contributed by atoms with van der Waals surface area (Å²) < 4.78 is 0.781. The molecule has 4 nitrogen and oxygen atoms in total. The van der Waals surface area contributed by atoms with Gasteiger partial charge >= 0.3 is 5.97 Å². The third kappa shape index (κ3) is 3.90. The van der Waals surface area contributed by atoms with Gasteiger partial charge in [0, 0.05) is 22.3 Å². The SMILES string of the molecule is CC/C(=C/CNc1ccc(C#N)cc1Br)C(=O)O. The van der Waals surface area contributed by atoms with Crippen molar-refractivity contribution in [3.05, 3.63) is 39.9 Å². The van der Waals surface area contributed by atoms with E-state index in [2.05, 4.69) is 21.2 Å². The molecular weight excluding hydrogens is 296 g/mol. The molecule has 94 valence electrons. The summed E-state index contributed by atoms with van der Waals surface area (Å²) in [6.45, 7) is 2.23. The fourth-order valence-electron chi connectivity index (χ4n) is 1.40. The van der Waals surface area contributed by atoms with E-state index in [1.807, 2.05) is 6.07 Å². The average molecular weight is 309 g/mol. The Kier molecular flexibility index (Phi) is 5.40. The molecule has 5 heteroatoms. The van der Waals surface area contributed by atoms with Gasteiger partial charge in [-0.1, -0.05) is 13.0 Å². The molecule has 18 heavy (non-hydrogen) atoms. The van der Waals surface area contributed by atoms with Crippen molar-refractivity contribution in [3.63, 3.8) is 0 Å². The molecule has 0 saturated heterocycles. The van der Waals surface area contributed by atoms with Crippen LogP contribution >= 0.6 is 15.9 Å². The third-order valence-electron chi connectivity index (χ3n) is 2.39. The van der Waals surface area contributed by atoms with E-state index in [0.29, 0.717) is 24.1 Å². The molecule has 1 rings (SSSR count). The summed E-state index contributed by atoms with van der Waals surface area (Å²) >= 11 is 3.35. The molecule has 1 aromatic rings. The van der Waals surface area contributed by atoms with Crippen molar-refractivity contribution < 1.29 is 9.90 Å². The minimum absolute atomic E-state index is 0.382. The first kappa shape index (κ1) is 14.3. The highest BCUT2D eigenvalue weighted by Crippen LogP contribution is 2.23. The molecule has 0 amide bonds. The van der Waals surface area contributed by atoms with Crippen LogP contribution < -0.4 is 5.32 Å². The van der Waals surface area contributed by atoms with Crippen LogP contribution in [0.25, 0.3) is 0 Å². The summed E-state index contributed by atoms with van der Waals surface area (Å²) in [6, 6.07) is 7.24. The lowest BCUT2D eigenvalue weighted by Gasteiger charge is -2.07. The normalized spacial score (nSPS) is 10.8. The van der Waals surface area contributed by atoms with Crippen molar-refractivity contribution in [2.75, 3.05) is 11.9 Å². The van der Waals surface area contributed by atoms with Gasteiger partial charge in [-0.2, -0.15) is 5.26 Å². The van der Waals surface area contributed by atoms with Crippen molar-refractivity contribution in [1.82, 2.24) is 0 Å². The van der Waals surface area contributed by atoms with Crippen molar-refractivity contribution in [2.24, 2.45) is 0 Å². The highest BCUT2D eigenvalue weighted by atomic mass is 79.9. The summed E-state index contributed by atoms with van der Waals surface area (Å²) in [6.07, 6.45) is 2.14. The summed E-state index contributed by atoms with van der Waals surface area (Å²) in [5.41, 5.74) is 1.78. The number of carbonyl (C=O) groups is 1. The lowest BCUT2D eigenvalue weighted by molar-refractivity contribution is -0.132. The van der Waals surface area contributed by atoms with Crippen LogP contribution in [0.1, 0.15) is 18.9 Å². The zero-order valence-corrected chi connectivity index (χ0v) is 11.5. The molecule has 0 saturated carbocycles. The predicted molar refractivity (Wildman–Crippen MR) is 73.4 cm³/mol. The predicted octanol–water partition coefficient (Wildman–Crippen LogP) is 3.15. The Hall–Kier alpha value is -1.80. The number of anilines is 1. The van der Waals surface area contributed by atoms with Crippen LogP contribution in [-0.2, 0) is 4.79 Å². The number of halogens is 1. The number of nitrogens with one attached hydrogen (secondary N) is 1. The van der Waals surface area contributed by atoms with Gasteiger partial charge in [0.15, 0.2) is 0 Å². The first-order valence-electron chi connectivity index (χ1n) is 5.44. The minimum Gasteiger partial charge on any atom is -0.478 e. The van der Waals surface area contributed by atoms with Gasteiger partial charge in [-0.15, -0.1) is 0 Å². The van der Waals surface area contributed by atoms with Gasteiger partial charge in [0.2, 0.25) is 0 Å². The maximum absolute atomic E-state index is 10.8. The van der Waals surface area contributed by atoms with E-state index in [0.717, 1.165) is 10.2 Å². The number of carboxylic acids is 1. The molecule has 0 atom stereocenters. The molecule has 0 aromatic heterocycles. The molecule has 0 unspecified atom stereocenters. The molecule has 0 fully saturated rings. The fraction of sp³-hybridized carbons (Fsp3) is 0.231. The van der Waals surface area contributed by atoms with E-state index < -0.39 is 5.97 Å². The molecule has 0 aliphatic rings. The van der Waals surface area contributed by atoms with E-state index in [1.54, 1.807) is 31.2 Å². The Morgan fingerprint density at radius 2 is 2.33 bits per heavy atom. The molecule has 2 N–H and O–H groups in total. The number of hydrogen-bond donors (Lipinski definition) is 2. The van der Waals surface area contributed by atoms with Crippen molar-refractivity contribution >= 4 is 27.6 Å². The fourth-order valence-corrected chi connectivity index (χ4v) is 1.91. The van der Waals surface area contributed by atoms with Gasteiger partial charge in [-0.25, -0.2) is 4.79 Å². The highest BCUT2D eigenvalue weighted by molar-refractivity contribution is 9.10. The summed E-state index contributed by atoms with van der Waals surface area (Å²) in [5.74, 6) is -0.891. The number of nitriles is 1. The van der Waals surface area contributed by atoms with Crippen LogP contribution in [-0.4, -0.2) is 17.6 Å². The molecule has 0 radical (unpaired) electrons. The molecule has 0 aliphatic carbocycles. The Labute approximate surface area is 114 Å². The minimum atomic E-state index is -0.891. The molecule has 0 spiro atoms. The van der Waals surface area contributed by atoms with Crippen molar-refractivity contribution in [2.45, 2.75) is 13.3 Å². The van der Waals surface area contributed by atoms with Gasteiger partial charge < -0.3 is 10.4 Å². The largest absolute Gasteiger partial charge is 0.478 e. The van der Waals surface area contributed by atoms with Crippen LogP contribution in [0.15, 0.2) is 34.3 Å². The first-order valence-corrected chi connectivity index (χ1v) is 6.23. The monoisotopic (exact) mass is 308 g/mol. The van der Waals surface area contributed by atoms with Gasteiger partial charge in [-0.05, 0) is 40.5 Å². The number of rotatable bonds is 5. The highest BCUT2D eigenvalue weighted by Gasteiger charge is 2.04. The molecule has 0 aliphatic heterocycles. The van der Waals surface area contributed by atoms with Crippen molar-refractivity contribution in [3.8, 4) is 6.07 Å². The second kappa shape index (κ2) is 6.82. The Bertz CT molecular complexity index is 518. The maximum Gasteiger partial charge on any atom is 0.331 e. The van der Waals surface area contributed by atoms with Gasteiger partial charge in [0.1, 0.15) is 0 Å². The topological polar surface area (TPSA) is 73.1 Å². The average Bonchev–Trinajstić information content (AvgIpc) is 2.35. The van der Waals surface area contributed by atoms with E-state index in [4.69, 9.17) is 10.4 Å². The number of carboxylic acid groups (broad SMARTS) is 1. The smallest absolute Gasteiger partial charge is 0.331 e. The van der Waals surface area contributed by atoms with Gasteiger partial charge in [0.25, 0.3) is 0 Å². The van der Waals surface area contributed by atoms with E-state index in [1.165, 1.54) is 0 Å². The van der Waals surface area contributed by atoms with Crippen LogP contribution in [0.3, 0.4) is 0 Å². The number of aliphatic carboxylic acids is 1. The summed E-state index contributed by atoms with van der Waals surface area (Å²) in [4.78, 5) is 10.8. The van der Waals surface area contributed by atoms with Gasteiger partial charge in [-0.3, -0.25) is 0 Å². The molecule has 0 heterocycles.